The maximum absolute atomic E-state index is 4.57. The highest BCUT2D eigenvalue weighted by atomic mass is 15.4. The van der Waals surface area contributed by atoms with Crippen LogP contribution >= 0.6 is 0 Å². The predicted molar refractivity (Wildman–Crippen MR) is 110 cm³/mol. The summed E-state index contributed by atoms with van der Waals surface area (Å²) >= 11 is 0. The first-order valence-electron chi connectivity index (χ1n) is 8.96. The van der Waals surface area contributed by atoms with Gasteiger partial charge in [0.25, 0.3) is 0 Å². The summed E-state index contributed by atoms with van der Waals surface area (Å²) in [6, 6.07) is 35.2. The molecule has 27 heavy (non-hydrogen) atoms. The van der Waals surface area contributed by atoms with E-state index in [4.69, 9.17) is 0 Å². The van der Waals surface area contributed by atoms with E-state index >= 15 is 0 Å². The number of rotatable bonds is 3. The first-order valence-corrected chi connectivity index (χ1v) is 8.96. The fraction of sp³-hybridized carbons (Fsp3) is 0. The lowest BCUT2D eigenvalue weighted by Crippen LogP contribution is -1.96. The van der Waals surface area contributed by atoms with Crippen molar-refractivity contribution in [3.63, 3.8) is 0 Å². The molecule has 0 bridgehead atoms. The molecule has 0 radical (unpaired) electrons. The van der Waals surface area contributed by atoms with Gasteiger partial charge in [0.05, 0.1) is 11.2 Å². The summed E-state index contributed by atoms with van der Waals surface area (Å²) < 4.78 is 1.90. The molecular weight excluding hydrogens is 330 g/mol. The van der Waals surface area contributed by atoms with Crippen molar-refractivity contribution < 1.29 is 0 Å². The number of hydrogen-bond acceptors (Lipinski definition) is 2. The second kappa shape index (κ2) is 6.54. The third-order valence-corrected chi connectivity index (χ3v) is 4.77. The summed E-state index contributed by atoms with van der Waals surface area (Å²) in [6.45, 7) is 0. The Labute approximate surface area is 157 Å². The van der Waals surface area contributed by atoms with Crippen molar-refractivity contribution in [1.29, 1.82) is 0 Å². The van der Waals surface area contributed by atoms with Gasteiger partial charge in [-0.15, -0.1) is 5.10 Å². The van der Waals surface area contributed by atoms with Crippen molar-refractivity contribution in [3.8, 4) is 27.9 Å². The smallest absolute Gasteiger partial charge is 0.122 e. The lowest BCUT2D eigenvalue weighted by Gasteiger charge is -2.11. The zero-order valence-corrected chi connectivity index (χ0v) is 14.7. The van der Waals surface area contributed by atoms with E-state index in [2.05, 4.69) is 71.0 Å². The summed E-state index contributed by atoms with van der Waals surface area (Å²) in [6.07, 6.45) is 0. The molecule has 0 saturated carbocycles. The van der Waals surface area contributed by atoms with E-state index in [1.54, 1.807) is 0 Å². The van der Waals surface area contributed by atoms with Gasteiger partial charge in [-0.05, 0) is 34.9 Å². The summed E-state index contributed by atoms with van der Waals surface area (Å²) in [4.78, 5) is 0. The normalized spacial score (nSPS) is 11.0. The van der Waals surface area contributed by atoms with Crippen LogP contribution in [0.15, 0.2) is 103 Å². The number of fused-ring (bicyclic) bond motifs is 1. The van der Waals surface area contributed by atoms with Crippen LogP contribution in [0.1, 0.15) is 0 Å². The average molecular weight is 347 g/mol. The molecule has 4 aromatic carbocycles. The third-order valence-electron chi connectivity index (χ3n) is 4.77. The van der Waals surface area contributed by atoms with E-state index in [0.29, 0.717) is 0 Å². The molecule has 0 aliphatic rings. The van der Waals surface area contributed by atoms with Crippen LogP contribution in [0.3, 0.4) is 0 Å². The Bertz CT molecular complexity index is 1190. The van der Waals surface area contributed by atoms with Gasteiger partial charge in [0.15, 0.2) is 0 Å². The van der Waals surface area contributed by atoms with Gasteiger partial charge in [-0.2, -0.15) is 0 Å². The minimum absolute atomic E-state index is 0.909. The molecule has 5 rings (SSSR count). The van der Waals surface area contributed by atoms with Gasteiger partial charge in [0.2, 0.25) is 0 Å². The zero-order chi connectivity index (χ0) is 18.1. The molecule has 0 aliphatic carbocycles. The fourth-order valence-corrected chi connectivity index (χ4v) is 3.51. The molecular formula is C24H17N3. The van der Waals surface area contributed by atoms with Crippen LogP contribution in [0.2, 0.25) is 0 Å². The lowest BCUT2D eigenvalue weighted by molar-refractivity contribution is 0.824. The van der Waals surface area contributed by atoms with Crippen molar-refractivity contribution >= 4 is 11.0 Å². The highest BCUT2D eigenvalue weighted by Crippen LogP contribution is 2.37. The molecule has 3 nitrogen and oxygen atoms in total. The number of aromatic nitrogens is 3. The monoisotopic (exact) mass is 347 g/mol. The fourth-order valence-electron chi connectivity index (χ4n) is 3.51. The summed E-state index contributed by atoms with van der Waals surface area (Å²) in [5.41, 5.74) is 7.50. The van der Waals surface area contributed by atoms with Crippen LogP contribution in [0.5, 0.6) is 0 Å². The maximum Gasteiger partial charge on any atom is 0.122 e. The molecule has 0 fully saturated rings. The van der Waals surface area contributed by atoms with Crippen molar-refractivity contribution in [1.82, 2.24) is 15.0 Å². The topological polar surface area (TPSA) is 30.7 Å². The van der Waals surface area contributed by atoms with E-state index in [9.17, 15) is 0 Å². The van der Waals surface area contributed by atoms with Crippen molar-refractivity contribution in [3.05, 3.63) is 103 Å². The van der Waals surface area contributed by atoms with Crippen LogP contribution < -0.4 is 0 Å². The van der Waals surface area contributed by atoms with Crippen LogP contribution in [0, 0.1) is 0 Å². The quantitative estimate of drug-likeness (QED) is 0.416. The SMILES string of the molecule is c1ccc(-c2ccc3c(nnn3-c3ccccc3)c2-c2ccccc2)cc1. The first kappa shape index (κ1) is 15.5. The van der Waals surface area contributed by atoms with Gasteiger partial charge in [-0.25, -0.2) is 4.68 Å². The molecule has 1 aromatic heterocycles. The zero-order valence-electron chi connectivity index (χ0n) is 14.7. The maximum atomic E-state index is 4.57. The average Bonchev–Trinajstić information content (AvgIpc) is 3.19. The molecule has 3 heteroatoms. The standard InChI is InChI=1S/C24H17N3/c1-4-10-18(11-5-1)21-16-17-22-24(23(21)19-12-6-2-7-13-19)25-26-27(22)20-14-8-3-9-15-20/h1-17H. The number of benzene rings is 4. The molecule has 0 atom stereocenters. The Kier molecular flexibility index (Phi) is 3.76. The molecule has 0 spiro atoms. The summed E-state index contributed by atoms with van der Waals surface area (Å²) in [7, 11) is 0. The van der Waals surface area contributed by atoms with Crippen LogP contribution in [-0.2, 0) is 0 Å². The Morgan fingerprint density at radius 3 is 1.81 bits per heavy atom. The molecule has 0 unspecified atom stereocenters. The molecule has 0 amide bonds. The van der Waals surface area contributed by atoms with Crippen molar-refractivity contribution in [2.24, 2.45) is 0 Å². The number of hydrogen-bond donors (Lipinski definition) is 0. The predicted octanol–water partition coefficient (Wildman–Crippen LogP) is 5.75. The first-order chi connectivity index (χ1) is 13.4. The molecule has 0 saturated heterocycles. The Morgan fingerprint density at radius 2 is 1.15 bits per heavy atom. The van der Waals surface area contributed by atoms with Gasteiger partial charge in [0, 0.05) is 5.56 Å². The summed E-state index contributed by atoms with van der Waals surface area (Å²) in [5.74, 6) is 0. The van der Waals surface area contributed by atoms with Crippen molar-refractivity contribution in [2.45, 2.75) is 0 Å². The molecule has 0 aliphatic heterocycles. The van der Waals surface area contributed by atoms with E-state index < -0.39 is 0 Å². The highest BCUT2D eigenvalue weighted by Gasteiger charge is 2.16. The number of para-hydroxylation sites is 1. The summed E-state index contributed by atoms with van der Waals surface area (Å²) in [5, 5.41) is 9.02. The van der Waals surface area contributed by atoms with Crippen LogP contribution in [0.25, 0.3) is 39.0 Å². The van der Waals surface area contributed by atoms with Gasteiger partial charge < -0.3 is 0 Å². The van der Waals surface area contributed by atoms with E-state index in [1.165, 1.54) is 5.56 Å². The van der Waals surface area contributed by atoms with Crippen LogP contribution in [0.4, 0.5) is 0 Å². The Morgan fingerprint density at radius 1 is 0.556 bits per heavy atom. The van der Waals surface area contributed by atoms with Gasteiger partial charge >= 0.3 is 0 Å². The highest BCUT2D eigenvalue weighted by molar-refractivity contribution is 6.01. The van der Waals surface area contributed by atoms with Gasteiger partial charge in [-0.1, -0.05) is 90.1 Å². The second-order valence-electron chi connectivity index (χ2n) is 6.42. The van der Waals surface area contributed by atoms with E-state index in [-0.39, 0.29) is 0 Å². The van der Waals surface area contributed by atoms with Gasteiger partial charge in [0.1, 0.15) is 5.52 Å². The molecule has 128 valence electrons. The lowest BCUT2D eigenvalue weighted by atomic mass is 9.93. The Hall–Kier alpha value is -3.72. The largest absolute Gasteiger partial charge is 0.213 e. The van der Waals surface area contributed by atoms with E-state index in [1.807, 2.05) is 47.1 Å². The second-order valence-corrected chi connectivity index (χ2v) is 6.42. The molecule has 5 aromatic rings. The molecule has 0 N–H and O–H groups in total. The van der Waals surface area contributed by atoms with Crippen LogP contribution in [-0.4, -0.2) is 15.0 Å². The van der Waals surface area contributed by atoms with E-state index in [0.717, 1.165) is 33.4 Å². The third kappa shape index (κ3) is 2.70. The van der Waals surface area contributed by atoms with Gasteiger partial charge in [-0.3, -0.25) is 0 Å². The minimum Gasteiger partial charge on any atom is -0.213 e. The Balaban J connectivity index is 1.82. The van der Waals surface area contributed by atoms with Crippen molar-refractivity contribution in [2.75, 3.05) is 0 Å². The number of nitrogens with zero attached hydrogens (tertiary/aromatic N) is 3. The molecule has 1 heterocycles. The minimum atomic E-state index is 0.909.